The Morgan fingerprint density at radius 3 is 2.43 bits per heavy atom. The molecule has 0 aromatic heterocycles. The minimum absolute atomic E-state index is 0.0189. The van der Waals surface area contributed by atoms with Crippen LogP contribution in [0, 0.1) is 19.7 Å². The van der Waals surface area contributed by atoms with Crippen LogP contribution in [0.2, 0.25) is 5.02 Å². The molecule has 0 aliphatic heterocycles. The van der Waals surface area contributed by atoms with Crippen LogP contribution in [0.3, 0.4) is 0 Å². The second-order valence-corrected chi connectivity index (χ2v) is 6.72. The SMILES string of the molecule is Cc1ccc(S(=O)(=O)Nc2cc(F)cc(Cl)c2O)cc1C. The molecular formula is C14H13ClFNO3S. The van der Waals surface area contributed by atoms with E-state index in [9.17, 15) is 17.9 Å². The molecule has 21 heavy (non-hydrogen) atoms. The second-order valence-electron chi connectivity index (χ2n) is 4.64. The summed E-state index contributed by atoms with van der Waals surface area (Å²) in [6.07, 6.45) is 0. The number of phenolic OH excluding ortho intramolecular Hbond substituents is 1. The van der Waals surface area contributed by atoms with E-state index in [2.05, 4.69) is 4.72 Å². The molecule has 0 saturated carbocycles. The van der Waals surface area contributed by atoms with Crippen molar-refractivity contribution in [3.05, 3.63) is 52.3 Å². The lowest BCUT2D eigenvalue weighted by molar-refractivity contribution is 0.476. The maximum Gasteiger partial charge on any atom is 0.262 e. The summed E-state index contributed by atoms with van der Waals surface area (Å²) in [5, 5.41) is 9.43. The molecule has 112 valence electrons. The first-order valence-electron chi connectivity index (χ1n) is 5.99. The minimum Gasteiger partial charge on any atom is -0.504 e. The zero-order chi connectivity index (χ0) is 15.8. The van der Waals surface area contributed by atoms with Crippen molar-refractivity contribution in [2.75, 3.05) is 4.72 Å². The van der Waals surface area contributed by atoms with E-state index in [1.54, 1.807) is 13.0 Å². The van der Waals surface area contributed by atoms with Crippen molar-refractivity contribution < 1.29 is 17.9 Å². The number of rotatable bonds is 3. The van der Waals surface area contributed by atoms with E-state index < -0.39 is 21.6 Å². The van der Waals surface area contributed by atoms with Crippen molar-refractivity contribution in [1.29, 1.82) is 0 Å². The molecule has 2 aromatic carbocycles. The Labute approximate surface area is 127 Å². The van der Waals surface area contributed by atoms with Crippen LogP contribution < -0.4 is 4.72 Å². The molecule has 2 rings (SSSR count). The first-order chi connectivity index (χ1) is 9.70. The maximum atomic E-state index is 13.3. The Bertz CT molecular complexity index is 806. The highest BCUT2D eigenvalue weighted by Crippen LogP contribution is 2.34. The summed E-state index contributed by atoms with van der Waals surface area (Å²) < 4.78 is 39.9. The van der Waals surface area contributed by atoms with Crippen molar-refractivity contribution >= 4 is 27.3 Å². The molecule has 2 N–H and O–H groups in total. The third-order valence-corrected chi connectivity index (χ3v) is 4.71. The summed E-state index contributed by atoms with van der Waals surface area (Å²) in [7, 11) is -3.94. The molecular weight excluding hydrogens is 317 g/mol. The molecule has 2 aromatic rings. The predicted molar refractivity (Wildman–Crippen MR) is 79.8 cm³/mol. The predicted octanol–water partition coefficient (Wildman–Crippen LogP) is 3.60. The lowest BCUT2D eigenvalue weighted by atomic mass is 10.1. The molecule has 0 amide bonds. The van der Waals surface area contributed by atoms with Crippen LogP contribution in [0.4, 0.5) is 10.1 Å². The van der Waals surface area contributed by atoms with Gasteiger partial charge >= 0.3 is 0 Å². The Morgan fingerprint density at radius 1 is 1.14 bits per heavy atom. The average molecular weight is 330 g/mol. The lowest BCUT2D eigenvalue weighted by Crippen LogP contribution is -2.13. The van der Waals surface area contributed by atoms with E-state index in [1.165, 1.54) is 12.1 Å². The van der Waals surface area contributed by atoms with E-state index in [0.717, 1.165) is 23.3 Å². The number of anilines is 1. The lowest BCUT2D eigenvalue weighted by Gasteiger charge is -2.11. The molecule has 0 aliphatic carbocycles. The van der Waals surface area contributed by atoms with Crippen molar-refractivity contribution in [1.82, 2.24) is 0 Å². The van der Waals surface area contributed by atoms with Crippen LogP contribution in [-0.4, -0.2) is 13.5 Å². The number of hydrogen-bond acceptors (Lipinski definition) is 3. The van der Waals surface area contributed by atoms with Gasteiger partial charge in [-0.25, -0.2) is 12.8 Å². The third-order valence-electron chi connectivity index (χ3n) is 3.06. The third kappa shape index (κ3) is 3.28. The molecule has 0 saturated heterocycles. The van der Waals surface area contributed by atoms with Crippen LogP contribution in [0.5, 0.6) is 5.75 Å². The van der Waals surface area contributed by atoms with Gasteiger partial charge in [0.05, 0.1) is 15.6 Å². The van der Waals surface area contributed by atoms with E-state index in [4.69, 9.17) is 11.6 Å². The van der Waals surface area contributed by atoms with Crippen molar-refractivity contribution in [2.24, 2.45) is 0 Å². The van der Waals surface area contributed by atoms with Gasteiger partial charge < -0.3 is 5.11 Å². The molecule has 4 nitrogen and oxygen atoms in total. The van der Waals surface area contributed by atoms with Crippen LogP contribution in [0.15, 0.2) is 35.2 Å². The van der Waals surface area contributed by atoms with E-state index in [-0.39, 0.29) is 15.6 Å². The van der Waals surface area contributed by atoms with Gasteiger partial charge in [-0.2, -0.15) is 0 Å². The zero-order valence-corrected chi connectivity index (χ0v) is 12.9. The molecule has 0 unspecified atom stereocenters. The van der Waals surface area contributed by atoms with Crippen LogP contribution in [0.1, 0.15) is 11.1 Å². The fourth-order valence-corrected chi connectivity index (χ4v) is 3.08. The second kappa shape index (κ2) is 5.54. The van der Waals surface area contributed by atoms with E-state index in [0.29, 0.717) is 0 Å². The van der Waals surface area contributed by atoms with Gasteiger partial charge in [-0.3, -0.25) is 4.72 Å². The summed E-state index contributed by atoms with van der Waals surface area (Å²) in [4.78, 5) is 0.0189. The number of benzene rings is 2. The van der Waals surface area contributed by atoms with Crippen molar-refractivity contribution in [3.8, 4) is 5.75 Å². The fraction of sp³-hybridized carbons (Fsp3) is 0.143. The average Bonchev–Trinajstić information content (AvgIpc) is 2.38. The summed E-state index contributed by atoms with van der Waals surface area (Å²) in [6.45, 7) is 3.64. The highest BCUT2D eigenvalue weighted by Gasteiger charge is 2.18. The molecule has 7 heteroatoms. The van der Waals surface area contributed by atoms with Crippen LogP contribution in [0.25, 0.3) is 0 Å². The molecule has 0 bridgehead atoms. The normalized spacial score (nSPS) is 11.4. The summed E-state index contributed by atoms with van der Waals surface area (Å²) in [5.74, 6) is -1.28. The van der Waals surface area contributed by atoms with Gasteiger partial charge in [-0.1, -0.05) is 17.7 Å². The number of halogens is 2. The van der Waals surface area contributed by atoms with Gasteiger partial charge in [0.25, 0.3) is 10.0 Å². The first-order valence-corrected chi connectivity index (χ1v) is 7.85. The molecule has 0 radical (unpaired) electrons. The van der Waals surface area contributed by atoms with Gasteiger partial charge in [0.15, 0.2) is 5.75 Å². The number of phenols is 1. The highest BCUT2D eigenvalue weighted by molar-refractivity contribution is 7.92. The monoisotopic (exact) mass is 329 g/mol. The van der Waals surface area contributed by atoms with Gasteiger partial charge in [0.1, 0.15) is 5.82 Å². The Balaban J connectivity index is 2.44. The van der Waals surface area contributed by atoms with E-state index >= 15 is 0 Å². The van der Waals surface area contributed by atoms with Crippen molar-refractivity contribution in [3.63, 3.8) is 0 Å². The minimum atomic E-state index is -3.94. The number of aryl methyl sites for hydroxylation is 2. The van der Waals surface area contributed by atoms with Crippen LogP contribution >= 0.6 is 11.6 Å². The fourth-order valence-electron chi connectivity index (χ4n) is 1.73. The Morgan fingerprint density at radius 2 is 1.81 bits per heavy atom. The molecule has 0 fully saturated rings. The Kier molecular flexibility index (Phi) is 4.11. The summed E-state index contributed by atoms with van der Waals surface area (Å²) >= 11 is 5.62. The summed E-state index contributed by atoms with van der Waals surface area (Å²) in [6, 6.07) is 6.35. The quantitative estimate of drug-likeness (QED) is 0.845. The maximum absolute atomic E-state index is 13.3. The van der Waals surface area contributed by atoms with Gasteiger partial charge in [0, 0.05) is 6.07 Å². The number of hydrogen-bond donors (Lipinski definition) is 2. The molecule has 0 heterocycles. The van der Waals surface area contributed by atoms with Crippen molar-refractivity contribution in [2.45, 2.75) is 18.7 Å². The number of sulfonamides is 1. The smallest absolute Gasteiger partial charge is 0.262 e. The molecule has 0 atom stereocenters. The topological polar surface area (TPSA) is 66.4 Å². The first kappa shape index (κ1) is 15.6. The Hall–Kier alpha value is -1.79. The number of nitrogens with one attached hydrogen (secondary N) is 1. The van der Waals surface area contributed by atoms with Gasteiger partial charge in [0.2, 0.25) is 0 Å². The molecule has 0 spiro atoms. The summed E-state index contributed by atoms with van der Waals surface area (Å²) in [5.41, 5.74) is 1.45. The largest absolute Gasteiger partial charge is 0.504 e. The molecule has 0 aliphatic rings. The number of aromatic hydroxyl groups is 1. The van der Waals surface area contributed by atoms with E-state index in [1.807, 2.05) is 6.92 Å². The zero-order valence-electron chi connectivity index (χ0n) is 11.3. The highest BCUT2D eigenvalue weighted by atomic mass is 35.5. The van der Waals surface area contributed by atoms with Gasteiger partial charge in [-0.15, -0.1) is 0 Å². The van der Waals surface area contributed by atoms with Gasteiger partial charge in [-0.05, 0) is 43.2 Å². The van der Waals surface area contributed by atoms with Crippen LogP contribution in [-0.2, 0) is 10.0 Å². The standard InChI is InChI=1S/C14H13ClFNO3S/c1-8-3-4-11(5-9(8)2)21(19,20)17-13-7-10(16)6-12(15)14(13)18/h3-7,17-18H,1-2H3.